The van der Waals surface area contributed by atoms with Crippen LogP contribution in [0, 0.1) is 5.92 Å². The van der Waals surface area contributed by atoms with Gasteiger partial charge >= 0.3 is 0 Å². The molecule has 0 spiro atoms. The maximum atomic E-state index is 12.5. The van der Waals surface area contributed by atoms with Gasteiger partial charge in [0.25, 0.3) is 5.91 Å². The minimum atomic E-state index is -0.369. The van der Waals surface area contributed by atoms with Gasteiger partial charge in [-0.15, -0.1) is 0 Å². The van der Waals surface area contributed by atoms with Gasteiger partial charge in [-0.25, -0.2) is 0 Å². The zero-order valence-electron chi connectivity index (χ0n) is 16.2. The normalized spacial score (nSPS) is 26.1. The van der Waals surface area contributed by atoms with E-state index in [1.54, 1.807) is 7.11 Å². The molecule has 2 heterocycles. The summed E-state index contributed by atoms with van der Waals surface area (Å²) >= 11 is 0. The quantitative estimate of drug-likeness (QED) is 0.870. The summed E-state index contributed by atoms with van der Waals surface area (Å²) in [4.78, 5) is 12.5. The SMILES string of the molecule is COc1cc2nn([C@H]3CC[C@H](C)CC3)cc2cc1NC(=O)[C@H]1CCCCO1. The summed E-state index contributed by atoms with van der Waals surface area (Å²) in [6, 6.07) is 4.34. The zero-order chi connectivity index (χ0) is 18.8. The summed E-state index contributed by atoms with van der Waals surface area (Å²) < 4.78 is 13.2. The maximum Gasteiger partial charge on any atom is 0.253 e. The van der Waals surface area contributed by atoms with Crippen LogP contribution in [0.25, 0.3) is 10.9 Å². The zero-order valence-corrected chi connectivity index (χ0v) is 16.2. The average Bonchev–Trinajstić information content (AvgIpc) is 3.11. The van der Waals surface area contributed by atoms with Crippen LogP contribution >= 0.6 is 0 Å². The van der Waals surface area contributed by atoms with E-state index in [4.69, 9.17) is 14.6 Å². The van der Waals surface area contributed by atoms with Crippen molar-refractivity contribution in [3.8, 4) is 5.75 Å². The van der Waals surface area contributed by atoms with Gasteiger partial charge in [-0.05, 0) is 56.9 Å². The Balaban J connectivity index is 1.56. The first-order valence-electron chi connectivity index (χ1n) is 10.1. The Morgan fingerprint density at radius 3 is 2.74 bits per heavy atom. The van der Waals surface area contributed by atoms with Crippen LogP contribution in [0.15, 0.2) is 18.3 Å². The summed E-state index contributed by atoms with van der Waals surface area (Å²) in [7, 11) is 1.62. The molecule has 1 aliphatic heterocycles. The van der Waals surface area contributed by atoms with Crippen LogP contribution in [0.1, 0.15) is 57.9 Å². The van der Waals surface area contributed by atoms with E-state index in [9.17, 15) is 4.79 Å². The lowest BCUT2D eigenvalue weighted by Crippen LogP contribution is -2.33. The van der Waals surface area contributed by atoms with E-state index in [0.717, 1.165) is 36.1 Å². The Hall–Kier alpha value is -2.08. The lowest BCUT2D eigenvalue weighted by molar-refractivity contribution is -0.129. The number of nitrogens with zero attached hydrogens (tertiary/aromatic N) is 2. The number of carbonyl (C=O) groups is 1. The molecule has 2 fully saturated rings. The molecule has 1 aromatic heterocycles. The highest BCUT2D eigenvalue weighted by Crippen LogP contribution is 2.35. The van der Waals surface area contributed by atoms with Crippen LogP contribution in [0.3, 0.4) is 0 Å². The number of hydrogen-bond acceptors (Lipinski definition) is 4. The van der Waals surface area contributed by atoms with Gasteiger partial charge in [-0.2, -0.15) is 5.10 Å². The molecule has 4 rings (SSSR count). The van der Waals surface area contributed by atoms with E-state index < -0.39 is 0 Å². The molecule has 27 heavy (non-hydrogen) atoms. The summed E-state index contributed by atoms with van der Waals surface area (Å²) in [5, 5.41) is 8.79. The number of ether oxygens (including phenoxy) is 2. The number of carbonyl (C=O) groups excluding carboxylic acids is 1. The summed E-state index contributed by atoms with van der Waals surface area (Å²) in [6.45, 7) is 2.98. The first kappa shape index (κ1) is 18.3. The predicted octanol–water partition coefficient (Wildman–Crippen LogP) is 4.30. The molecule has 6 nitrogen and oxygen atoms in total. The first-order chi connectivity index (χ1) is 13.1. The van der Waals surface area contributed by atoms with Crippen LogP contribution in [-0.4, -0.2) is 35.5 Å². The molecule has 1 atom stereocenters. The number of anilines is 1. The van der Waals surface area contributed by atoms with Gasteiger partial charge in [0.1, 0.15) is 11.9 Å². The number of methoxy groups -OCH3 is 1. The highest BCUT2D eigenvalue weighted by atomic mass is 16.5. The van der Waals surface area contributed by atoms with Gasteiger partial charge in [0, 0.05) is 24.3 Å². The van der Waals surface area contributed by atoms with E-state index in [2.05, 4.69) is 23.1 Å². The van der Waals surface area contributed by atoms with Crippen molar-refractivity contribution in [2.45, 2.75) is 64.0 Å². The lowest BCUT2D eigenvalue weighted by Gasteiger charge is -2.26. The molecule has 146 valence electrons. The molecule has 1 N–H and O–H groups in total. The Morgan fingerprint density at radius 1 is 1.22 bits per heavy atom. The largest absolute Gasteiger partial charge is 0.494 e. The molecule has 2 aromatic rings. The predicted molar refractivity (Wildman–Crippen MR) is 105 cm³/mol. The van der Waals surface area contributed by atoms with Crippen LogP contribution in [0.4, 0.5) is 5.69 Å². The molecule has 0 radical (unpaired) electrons. The van der Waals surface area contributed by atoms with Crippen molar-refractivity contribution in [3.63, 3.8) is 0 Å². The van der Waals surface area contributed by atoms with Gasteiger partial charge in [0.05, 0.1) is 24.4 Å². The fourth-order valence-corrected chi connectivity index (χ4v) is 4.19. The molecule has 1 amide bonds. The maximum absolute atomic E-state index is 12.5. The van der Waals surface area contributed by atoms with Crippen molar-refractivity contribution >= 4 is 22.5 Å². The smallest absolute Gasteiger partial charge is 0.253 e. The van der Waals surface area contributed by atoms with Gasteiger partial charge in [-0.1, -0.05) is 6.92 Å². The minimum Gasteiger partial charge on any atom is -0.494 e. The Morgan fingerprint density at radius 2 is 2.04 bits per heavy atom. The van der Waals surface area contributed by atoms with Crippen LogP contribution in [0.5, 0.6) is 5.75 Å². The number of benzene rings is 1. The molecule has 0 bridgehead atoms. The van der Waals surface area contributed by atoms with Crippen molar-refractivity contribution in [1.82, 2.24) is 9.78 Å². The molecule has 6 heteroatoms. The third kappa shape index (κ3) is 3.95. The molecular weight excluding hydrogens is 342 g/mol. The highest BCUT2D eigenvalue weighted by Gasteiger charge is 2.24. The fraction of sp³-hybridized carbons (Fsp3) is 0.619. The van der Waals surface area contributed by atoms with Crippen LogP contribution in [0.2, 0.25) is 0 Å². The number of nitrogens with one attached hydrogen (secondary N) is 1. The van der Waals surface area contributed by atoms with Gasteiger partial charge < -0.3 is 14.8 Å². The molecule has 0 unspecified atom stereocenters. The molecule has 1 aliphatic carbocycles. The van der Waals surface area contributed by atoms with E-state index in [1.807, 2.05) is 12.1 Å². The Labute approximate surface area is 160 Å². The van der Waals surface area contributed by atoms with Crippen molar-refractivity contribution in [2.24, 2.45) is 5.92 Å². The first-order valence-corrected chi connectivity index (χ1v) is 10.1. The van der Waals surface area contributed by atoms with Gasteiger partial charge in [0.2, 0.25) is 0 Å². The number of fused-ring (bicyclic) bond motifs is 1. The second kappa shape index (κ2) is 7.89. The van der Waals surface area contributed by atoms with Crippen LogP contribution in [-0.2, 0) is 9.53 Å². The average molecular weight is 371 g/mol. The van der Waals surface area contributed by atoms with Gasteiger partial charge in [-0.3, -0.25) is 9.48 Å². The van der Waals surface area contributed by atoms with E-state index in [0.29, 0.717) is 24.1 Å². The van der Waals surface area contributed by atoms with Gasteiger partial charge in [0.15, 0.2) is 0 Å². The Kier molecular flexibility index (Phi) is 5.34. The standard InChI is InChI=1S/C21H29N3O3/c1-14-6-8-16(9-7-14)24-13-15-11-18(20(26-2)12-17(15)23-24)22-21(25)19-5-3-4-10-27-19/h11-14,16,19H,3-10H2,1-2H3,(H,22,25)/t14-,16-,19-/m1/s1. The number of rotatable bonds is 4. The Bertz CT molecular complexity index is 802. The fourth-order valence-electron chi connectivity index (χ4n) is 4.19. The molecule has 1 aromatic carbocycles. The third-order valence-corrected chi connectivity index (χ3v) is 5.93. The van der Waals surface area contributed by atoms with E-state index in [-0.39, 0.29) is 12.0 Å². The number of hydrogen-bond donors (Lipinski definition) is 1. The van der Waals surface area contributed by atoms with Crippen LogP contribution < -0.4 is 10.1 Å². The highest BCUT2D eigenvalue weighted by molar-refractivity contribution is 5.98. The summed E-state index contributed by atoms with van der Waals surface area (Å²) in [5.74, 6) is 1.35. The summed E-state index contributed by atoms with van der Waals surface area (Å²) in [6.07, 6.45) is 9.42. The van der Waals surface area contributed by atoms with E-state index >= 15 is 0 Å². The number of aromatic nitrogens is 2. The second-order valence-electron chi connectivity index (χ2n) is 7.98. The summed E-state index contributed by atoms with van der Waals surface area (Å²) in [5.41, 5.74) is 1.58. The van der Waals surface area contributed by atoms with E-state index in [1.165, 1.54) is 25.7 Å². The molecular formula is C21H29N3O3. The van der Waals surface area contributed by atoms with Crippen molar-refractivity contribution < 1.29 is 14.3 Å². The molecule has 1 saturated heterocycles. The number of amides is 1. The second-order valence-corrected chi connectivity index (χ2v) is 7.98. The van der Waals surface area contributed by atoms with Crippen molar-refractivity contribution in [3.05, 3.63) is 18.3 Å². The monoisotopic (exact) mass is 371 g/mol. The van der Waals surface area contributed by atoms with Crippen molar-refractivity contribution in [1.29, 1.82) is 0 Å². The van der Waals surface area contributed by atoms with Crippen molar-refractivity contribution in [2.75, 3.05) is 19.0 Å². The minimum absolute atomic E-state index is 0.0963. The topological polar surface area (TPSA) is 65.4 Å². The molecule has 2 aliphatic rings. The lowest BCUT2D eigenvalue weighted by atomic mass is 9.87. The molecule has 1 saturated carbocycles. The third-order valence-electron chi connectivity index (χ3n) is 5.93.